The van der Waals surface area contributed by atoms with Crippen molar-refractivity contribution >= 4 is 21.6 Å². The summed E-state index contributed by atoms with van der Waals surface area (Å²) in [4.78, 5) is 15.4. The van der Waals surface area contributed by atoms with Gasteiger partial charge in [-0.2, -0.15) is 13.2 Å². The molecule has 0 aliphatic heterocycles. The highest BCUT2D eigenvalue weighted by Crippen LogP contribution is 2.30. The molecule has 0 unspecified atom stereocenters. The van der Waals surface area contributed by atoms with E-state index in [1.807, 2.05) is 0 Å². The minimum absolute atomic E-state index is 0.0466. The number of nitrogens with zero attached hydrogens (tertiary/aromatic N) is 2. The first kappa shape index (κ1) is 20.6. The third-order valence-corrected chi connectivity index (χ3v) is 5.32. The predicted octanol–water partition coefficient (Wildman–Crippen LogP) is 2.61. The molecule has 1 aromatic carbocycles. The Hall–Kier alpha value is -2.66. The summed E-state index contributed by atoms with van der Waals surface area (Å²) < 4.78 is 68.2. The Morgan fingerprint density at radius 1 is 1.19 bits per heavy atom. The molecule has 1 N–H and O–H groups in total. The molecule has 146 valence electrons. The number of rotatable bonds is 5. The zero-order chi connectivity index (χ0) is 20.4. The number of carbonyl (C=O) groups is 1. The van der Waals surface area contributed by atoms with Gasteiger partial charge in [-0.3, -0.25) is 9.78 Å². The number of methoxy groups -OCH3 is 1. The highest BCUT2D eigenvalue weighted by atomic mass is 32.2. The smallest absolute Gasteiger partial charge is 0.433 e. The van der Waals surface area contributed by atoms with E-state index >= 15 is 0 Å². The molecule has 0 spiro atoms. The van der Waals surface area contributed by atoms with Crippen LogP contribution in [0, 0.1) is 0 Å². The van der Waals surface area contributed by atoms with Crippen LogP contribution in [-0.4, -0.2) is 44.8 Å². The first-order valence-corrected chi connectivity index (χ1v) is 8.86. The number of hydrogen-bond donors (Lipinski definition) is 1. The standard InChI is InChI=1S/C16H16F3N3O4S/c1-22(2)27(24,25)11-5-6-13(26-3)12(8-11)21-15(23)10-4-7-14(20-9-10)16(17,18)19/h4-9H,1-3H3,(H,21,23). The monoisotopic (exact) mass is 403 g/mol. The molecular formula is C16H16F3N3O4S. The molecule has 0 fully saturated rings. The van der Waals surface area contributed by atoms with Crippen molar-refractivity contribution in [1.82, 2.24) is 9.29 Å². The van der Waals surface area contributed by atoms with Crippen molar-refractivity contribution < 1.29 is 31.1 Å². The van der Waals surface area contributed by atoms with Gasteiger partial charge in [0.15, 0.2) is 0 Å². The van der Waals surface area contributed by atoms with Gasteiger partial charge in [-0.1, -0.05) is 0 Å². The molecule has 0 aliphatic carbocycles. The maximum absolute atomic E-state index is 12.5. The number of carbonyl (C=O) groups excluding carboxylic acids is 1. The van der Waals surface area contributed by atoms with Crippen LogP contribution >= 0.6 is 0 Å². The summed E-state index contributed by atoms with van der Waals surface area (Å²) in [7, 11) is 0.272. The van der Waals surface area contributed by atoms with E-state index in [1.165, 1.54) is 39.4 Å². The summed E-state index contributed by atoms with van der Waals surface area (Å²) in [6.45, 7) is 0. The summed E-state index contributed by atoms with van der Waals surface area (Å²) in [6.07, 6.45) is -3.84. The van der Waals surface area contributed by atoms with E-state index in [0.717, 1.165) is 16.6 Å². The van der Waals surface area contributed by atoms with Crippen LogP contribution in [0.15, 0.2) is 41.4 Å². The fourth-order valence-corrected chi connectivity index (χ4v) is 2.97. The number of benzene rings is 1. The third-order valence-electron chi connectivity index (χ3n) is 3.51. The molecule has 27 heavy (non-hydrogen) atoms. The number of halogens is 3. The molecule has 1 amide bonds. The molecular weight excluding hydrogens is 387 g/mol. The molecule has 11 heteroatoms. The van der Waals surface area contributed by atoms with Gasteiger partial charge in [0.2, 0.25) is 10.0 Å². The Bertz CT molecular complexity index is 942. The van der Waals surface area contributed by atoms with Gasteiger partial charge in [0.05, 0.1) is 23.3 Å². The van der Waals surface area contributed by atoms with Crippen molar-refractivity contribution in [2.75, 3.05) is 26.5 Å². The van der Waals surface area contributed by atoms with Gasteiger partial charge in [0, 0.05) is 20.3 Å². The van der Waals surface area contributed by atoms with Crippen LogP contribution in [0.25, 0.3) is 0 Å². The lowest BCUT2D eigenvalue weighted by molar-refractivity contribution is -0.141. The number of hydrogen-bond acceptors (Lipinski definition) is 5. The van der Waals surface area contributed by atoms with Crippen LogP contribution in [0.1, 0.15) is 16.1 Å². The van der Waals surface area contributed by atoms with Crippen molar-refractivity contribution in [3.8, 4) is 5.75 Å². The number of alkyl halides is 3. The Balaban J connectivity index is 2.34. The van der Waals surface area contributed by atoms with Gasteiger partial charge in [0.1, 0.15) is 11.4 Å². The van der Waals surface area contributed by atoms with Crippen LogP contribution in [-0.2, 0) is 16.2 Å². The second kappa shape index (κ2) is 7.53. The zero-order valence-electron chi connectivity index (χ0n) is 14.5. The van der Waals surface area contributed by atoms with Crippen molar-refractivity contribution in [2.24, 2.45) is 0 Å². The quantitative estimate of drug-likeness (QED) is 0.829. The second-order valence-corrected chi connectivity index (χ2v) is 7.69. The van der Waals surface area contributed by atoms with Gasteiger partial charge in [-0.25, -0.2) is 12.7 Å². The highest BCUT2D eigenvalue weighted by molar-refractivity contribution is 7.89. The zero-order valence-corrected chi connectivity index (χ0v) is 15.4. The van der Waals surface area contributed by atoms with E-state index in [9.17, 15) is 26.4 Å². The summed E-state index contributed by atoms with van der Waals surface area (Å²) in [5, 5.41) is 2.42. The minimum Gasteiger partial charge on any atom is -0.495 e. The Labute approximate surface area is 153 Å². The highest BCUT2D eigenvalue weighted by Gasteiger charge is 2.32. The fraction of sp³-hybridized carbons (Fsp3) is 0.250. The van der Waals surface area contributed by atoms with E-state index in [4.69, 9.17) is 4.74 Å². The fourth-order valence-electron chi connectivity index (χ4n) is 2.05. The Kier molecular flexibility index (Phi) is 5.76. The van der Waals surface area contributed by atoms with Crippen LogP contribution in [0.4, 0.5) is 18.9 Å². The number of aromatic nitrogens is 1. The van der Waals surface area contributed by atoms with Gasteiger partial charge in [-0.05, 0) is 30.3 Å². The topological polar surface area (TPSA) is 88.6 Å². The molecule has 0 saturated heterocycles. The minimum atomic E-state index is -4.62. The first-order chi connectivity index (χ1) is 12.5. The summed E-state index contributed by atoms with van der Waals surface area (Å²) in [5.74, 6) is -0.588. The van der Waals surface area contributed by atoms with E-state index in [0.29, 0.717) is 6.07 Å². The molecule has 0 radical (unpaired) electrons. The van der Waals surface area contributed by atoms with E-state index < -0.39 is 27.8 Å². The average Bonchev–Trinajstić information content (AvgIpc) is 2.60. The number of ether oxygens (including phenoxy) is 1. The normalized spacial score (nSPS) is 12.1. The van der Waals surface area contributed by atoms with E-state index in [1.54, 1.807) is 0 Å². The molecule has 0 aliphatic rings. The van der Waals surface area contributed by atoms with Crippen molar-refractivity contribution in [3.63, 3.8) is 0 Å². The molecule has 1 aromatic heterocycles. The molecule has 1 heterocycles. The number of nitrogens with one attached hydrogen (secondary N) is 1. The van der Waals surface area contributed by atoms with E-state index in [-0.39, 0.29) is 21.9 Å². The SMILES string of the molecule is COc1ccc(S(=O)(=O)N(C)C)cc1NC(=O)c1ccc(C(F)(F)F)nc1. The lowest BCUT2D eigenvalue weighted by Gasteiger charge is -2.15. The summed E-state index contributed by atoms with van der Waals surface area (Å²) in [6, 6.07) is 5.52. The van der Waals surface area contributed by atoms with Gasteiger partial charge in [-0.15, -0.1) is 0 Å². The molecule has 0 saturated carbocycles. The largest absolute Gasteiger partial charge is 0.495 e. The van der Waals surface area contributed by atoms with Crippen molar-refractivity contribution in [3.05, 3.63) is 47.8 Å². The lowest BCUT2D eigenvalue weighted by Crippen LogP contribution is -2.22. The Morgan fingerprint density at radius 3 is 2.33 bits per heavy atom. The van der Waals surface area contributed by atoms with Gasteiger partial charge in [0.25, 0.3) is 5.91 Å². The number of amides is 1. The average molecular weight is 403 g/mol. The van der Waals surface area contributed by atoms with Crippen LogP contribution in [0.2, 0.25) is 0 Å². The number of pyridine rings is 1. The van der Waals surface area contributed by atoms with Crippen LogP contribution in [0.3, 0.4) is 0 Å². The maximum atomic E-state index is 12.5. The number of anilines is 1. The second-order valence-electron chi connectivity index (χ2n) is 5.53. The lowest BCUT2D eigenvalue weighted by atomic mass is 10.2. The molecule has 0 atom stereocenters. The van der Waals surface area contributed by atoms with Gasteiger partial charge >= 0.3 is 6.18 Å². The predicted molar refractivity (Wildman–Crippen MR) is 91.1 cm³/mol. The van der Waals surface area contributed by atoms with Crippen LogP contribution in [0.5, 0.6) is 5.75 Å². The third kappa shape index (κ3) is 4.55. The van der Waals surface area contributed by atoms with Crippen molar-refractivity contribution in [2.45, 2.75) is 11.1 Å². The molecule has 2 aromatic rings. The Morgan fingerprint density at radius 2 is 1.85 bits per heavy atom. The van der Waals surface area contributed by atoms with Gasteiger partial charge < -0.3 is 10.1 Å². The van der Waals surface area contributed by atoms with Crippen LogP contribution < -0.4 is 10.1 Å². The van der Waals surface area contributed by atoms with Crippen molar-refractivity contribution in [1.29, 1.82) is 0 Å². The van der Waals surface area contributed by atoms with E-state index in [2.05, 4.69) is 10.3 Å². The molecule has 7 nitrogen and oxygen atoms in total. The summed E-state index contributed by atoms with van der Waals surface area (Å²) in [5.41, 5.74) is -1.22. The molecule has 2 rings (SSSR count). The number of sulfonamides is 1. The first-order valence-electron chi connectivity index (χ1n) is 7.42. The maximum Gasteiger partial charge on any atom is 0.433 e. The molecule has 0 bridgehead atoms. The summed E-state index contributed by atoms with van der Waals surface area (Å²) >= 11 is 0.